The molecule has 6 heteroatoms. The van der Waals surface area contributed by atoms with Gasteiger partial charge in [-0.25, -0.2) is 9.37 Å². The van der Waals surface area contributed by atoms with Crippen LogP contribution in [0.3, 0.4) is 0 Å². The topological polar surface area (TPSA) is 64.4 Å². The Labute approximate surface area is 122 Å². The zero-order chi connectivity index (χ0) is 15.2. The van der Waals surface area contributed by atoms with Gasteiger partial charge in [0.1, 0.15) is 5.76 Å². The molecule has 5 nitrogen and oxygen atoms in total. The number of carbonyl (C=O) groups excluding carboxylic acids is 1. The number of oxazole rings is 1. The van der Waals surface area contributed by atoms with Crippen molar-refractivity contribution in [3.05, 3.63) is 47.4 Å². The van der Waals surface area contributed by atoms with Gasteiger partial charge in [0.2, 0.25) is 0 Å². The summed E-state index contributed by atoms with van der Waals surface area (Å²) in [6.07, 6.45) is 0.554. The molecule has 0 radical (unpaired) electrons. The molecule has 1 amide bonds. The molecule has 0 fully saturated rings. The first-order chi connectivity index (χ1) is 10.1. The number of hydrogen-bond donors (Lipinski definition) is 1. The molecular formula is C15H17FN2O3. The summed E-state index contributed by atoms with van der Waals surface area (Å²) in [5.74, 6) is 0.624. The van der Waals surface area contributed by atoms with Crippen LogP contribution < -0.4 is 10.1 Å². The number of ether oxygens (including phenoxy) is 1. The summed E-state index contributed by atoms with van der Waals surface area (Å²) in [7, 11) is 0. The van der Waals surface area contributed by atoms with Gasteiger partial charge in [-0.3, -0.25) is 4.79 Å². The third-order valence-electron chi connectivity index (χ3n) is 2.87. The molecule has 0 bridgehead atoms. The molecule has 0 unspecified atom stereocenters. The predicted octanol–water partition coefficient (Wildman–Crippen LogP) is 2.17. The number of hydrogen-bond acceptors (Lipinski definition) is 4. The molecule has 1 N–H and O–H groups in total. The lowest BCUT2D eigenvalue weighted by molar-refractivity contribution is -0.123. The molecule has 1 aromatic heterocycles. The zero-order valence-electron chi connectivity index (χ0n) is 12.0. The van der Waals surface area contributed by atoms with Gasteiger partial charge in [-0.1, -0.05) is 12.1 Å². The molecule has 0 saturated carbocycles. The lowest BCUT2D eigenvalue weighted by Gasteiger charge is -2.07. The van der Waals surface area contributed by atoms with Crippen LogP contribution in [-0.2, 0) is 11.2 Å². The lowest BCUT2D eigenvalue weighted by atomic mass is 10.3. The quantitative estimate of drug-likeness (QED) is 0.886. The second-order valence-electron chi connectivity index (χ2n) is 4.56. The molecule has 0 saturated heterocycles. The molecule has 2 rings (SSSR count). The Kier molecular flexibility index (Phi) is 4.92. The first kappa shape index (κ1) is 15.0. The molecule has 1 heterocycles. The normalized spacial score (nSPS) is 10.4. The maximum Gasteiger partial charge on any atom is 0.257 e. The fraction of sp³-hybridized carbons (Fsp3) is 0.333. The highest BCUT2D eigenvalue weighted by Crippen LogP contribution is 2.14. The number of aromatic nitrogens is 1. The molecule has 1 aromatic carbocycles. The summed E-state index contributed by atoms with van der Waals surface area (Å²) in [4.78, 5) is 15.8. The molecule has 0 spiro atoms. The van der Waals surface area contributed by atoms with E-state index in [9.17, 15) is 9.18 Å². The van der Waals surface area contributed by atoms with Crippen molar-refractivity contribution in [2.45, 2.75) is 20.3 Å². The average molecular weight is 292 g/mol. The second-order valence-corrected chi connectivity index (χ2v) is 4.56. The van der Waals surface area contributed by atoms with Gasteiger partial charge >= 0.3 is 0 Å². The number of benzene rings is 1. The standard InChI is InChI=1S/C15H17FN2O3/c1-10-13(21-11(2)18-10)7-8-17-15(19)9-20-14-6-4-3-5-12(14)16/h3-6H,7-9H2,1-2H3,(H,17,19). The van der Waals surface area contributed by atoms with Gasteiger partial charge in [0.25, 0.3) is 5.91 Å². The van der Waals surface area contributed by atoms with Crippen LogP contribution in [0.15, 0.2) is 28.7 Å². The van der Waals surface area contributed by atoms with Crippen LogP contribution in [0.1, 0.15) is 17.3 Å². The van der Waals surface area contributed by atoms with E-state index in [1.807, 2.05) is 6.92 Å². The van der Waals surface area contributed by atoms with Crippen molar-refractivity contribution in [3.8, 4) is 5.75 Å². The Morgan fingerprint density at radius 2 is 2.14 bits per heavy atom. The molecular weight excluding hydrogens is 275 g/mol. The fourth-order valence-electron chi connectivity index (χ4n) is 1.88. The number of para-hydroxylation sites is 1. The van der Waals surface area contributed by atoms with Crippen molar-refractivity contribution in [2.75, 3.05) is 13.2 Å². The summed E-state index contributed by atoms with van der Waals surface area (Å²) in [6, 6.07) is 5.96. The summed E-state index contributed by atoms with van der Waals surface area (Å²) in [5.41, 5.74) is 0.823. The Morgan fingerprint density at radius 3 is 2.81 bits per heavy atom. The van der Waals surface area contributed by atoms with Crippen LogP contribution in [0.2, 0.25) is 0 Å². The second kappa shape index (κ2) is 6.88. The van der Waals surface area contributed by atoms with E-state index in [0.29, 0.717) is 18.9 Å². The Balaban J connectivity index is 1.73. The van der Waals surface area contributed by atoms with Crippen LogP contribution >= 0.6 is 0 Å². The van der Waals surface area contributed by atoms with Crippen molar-refractivity contribution in [3.63, 3.8) is 0 Å². The van der Waals surface area contributed by atoms with Crippen molar-refractivity contribution >= 4 is 5.91 Å². The Morgan fingerprint density at radius 1 is 1.38 bits per heavy atom. The van der Waals surface area contributed by atoms with Gasteiger partial charge in [-0.2, -0.15) is 0 Å². The minimum absolute atomic E-state index is 0.0642. The van der Waals surface area contributed by atoms with E-state index in [0.717, 1.165) is 11.5 Å². The van der Waals surface area contributed by atoms with Crippen molar-refractivity contribution < 1.29 is 18.3 Å². The SMILES string of the molecule is Cc1nc(C)c(CCNC(=O)COc2ccccc2F)o1. The van der Waals surface area contributed by atoms with Gasteiger partial charge in [0.15, 0.2) is 24.1 Å². The third kappa shape index (κ3) is 4.30. The molecule has 2 aromatic rings. The molecule has 0 aliphatic carbocycles. The van der Waals surface area contributed by atoms with E-state index in [1.165, 1.54) is 12.1 Å². The van der Waals surface area contributed by atoms with E-state index in [1.54, 1.807) is 19.1 Å². The highest BCUT2D eigenvalue weighted by molar-refractivity contribution is 5.77. The van der Waals surface area contributed by atoms with E-state index in [2.05, 4.69) is 10.3 Å². The summed E-state index contributed by atoms with van der Waals surface area (Å²) in [5, 5.41) is 2.68. The highest BCUT2D eigenvalue weighted by atomic mass is 19.1. The van der Waals surface area contributed by atoms with Gasteiger partial charge < -0.3 is 14.5 Å². The van der Waals surface area contributed by atoms with Crippen LogP contribution in [0.5, 0.6) is 5.75 Å². The molecule has 21 heavy (non-hydrogen) atoms. The first-order valence-corrected chi connectivity index (χ1v) is 6.63. The van der Waals surface area contributed by atoms with Gasteiger partial charge in [-0.05, 0) is 19.1 Å². The van der Waals surface area contributed by atoms with Crippen LogP contribution in [-0.4, -0.2) is 24.0 Å². The third-order valence-corrected chi connectivity index (χ3v) is 2.87. The predicted molar refractivity (Wildman–Crippen MR) is 74.6 cm³/mol. The summed E-state index contributed by atoms with van der Waals surface area (Å²) < 4.78 is 23.8. The van der Waals surface area contributed by atoms with E-state index in [4.69, 9.17) is 9.15 Å². The number of amides is 1. The van der Waals surface area contributed by atoms with Crippen molar-refractivity contribution in [1.82, 2.24) is 10.3 Å². The number of rotatable bonds is 6. The van der Waals surface area contributed by atoms with E-state index in [-0.39, 0.29) is 18.3 Å². The highest BCUT2D eigenvalue weighted by Gasteiger charge is 2.09. The molecule has 0 aliphatic heterocycles. The number of aryl methyl sites for hydroxylation is 2. The monoisotopic (exact) mass is 292 g/mol. The molecule has 0 atom stereocenters. The summed E-state index contributed by atoms with van der Waals surface area (Å²) in [6.45, 7) is 3.82. The van der Waals surface area contributed by atoms with Gasteiger partial charge in [0.05, 0.1) is 5.69 Å². The van der Waals surface area contributed by atoms with Crippen LogP contribution in [0.4, 0.5) is 4.39 Å². The fourth-order valence-corrected chi connectivity index (χ4v) is 1.88. The number of halogens is 1. The van der Waals surface area contributed by atoms with E-state index >= 15 is 0 Å². The minimum Gasteiger partial charge on any atom is -0.481 e. The number of nitrogens with zero attached hydrogens (tertiary/aromatic N) is 1. The Hall–Kier alpha value is -2.37. The number of carbonyl (C=O) groups is 1. The maximum atomic E-state index is 13.3. The van der Waals surface area contributed by atoms with Crippen LogP contribution in [0.25, 0.3) is 0 Å². The first-order valence-electron chi connectivity index (χ1n) is 6.63. The summed E-state index contributed by atoms with van der Waals surface area (Å²) >= 11 is 0. The van der Waals surface area contributed by atoms with Crippen LogP contribution in [0, 0.1) is 19.7 Å². The van der Waals surface area contributed by atoms with Gasteiger partial charge in [0, 0.05) is 19.9 Å². The zero-order valence-corrected chi connectivity index (χ0v) is 12.0. The lowest BCUT2D eigenvalue weighted by Crippen LogP contribution is -2.30. The maximum absolute atomic E-state index is 13.3. The molecule has 0 aliphatic rings. The smallest absolute Gasteiger partial charge is 0.257 e. The van der Waals surface area contributed by atoms with Crippen molar-refractivity contribution in [2.24, 2.45) is 0 Å². The Bertz CT molecular complexity index is 625. The average Bonchev–Trinajstić information content (AvgIpc) is 2.76. The van der Waals surface area contributed by atoms with E-state index < -0.39 is 5.82 Å². The largest absolute Gasteiger partial charge is 0.481 e. The van der Waals surface area contributed by atoms with Gasteiger partial charge in [-0.15, -0.1) is 0 Å². The van der Waals surface area contributed by atoms with Crippen molar-refractivity contribution in [1.29, 1.82) is 0 Å². The minimum atomic E-state index is -0.488. The number of nitrogens with one attached hydrogen (secondary N) is 1. The molecule has 112 valence electrons.